The Bertz CT molecular complexity index is 464. The van der Waals surface area contributed by atoms with Gasteiger partial charge in [-0.05, 0) is 19.2 Å². The normalized spacial score (nSPS) is 20.7. The highest BCUT2D eigenvalue weighted by molar-refractivity contribution is 5.75. The van der Waals surface area contributed by atoms with Crippen LogP contribution in [0, 0.1) is 0 Å². The van der Waals surface area contributed by atoms with E-state index in [0.29, 0.717) is 0 Å². The molecule has 21 heavy (non-hydrogen) atoms. The maximum atomic E-state index is 12.5. The third-order valence-electron chi connectivity index (χ3n) is 4.30. The van der Waals surface area contributed by atoms with Gasteiger partial charge in [0.25, 0.3) is 0 Å². The Hall–Kier alpha value is -1.82. The van der Waals surface area contributed by atoms with Crippen molar-refractivity contribution in [2.24, 2.45) is 0 Å². The molecule has 2 aliphatic rings. The Morgan fingerprint density at radius 1 is 0.952 bits per heavy atom. The van der Waals surface area contributed by atoms with Crippen LogP contribution in [0.5, 0.6) is 0 Å². The van der Waals surface area contributed by atoms with E-state index in [4.69, 9.17) is 0 Å². The van der Waals surface area contributed by atoms with Gasteiger partial charge < -0.3 is 19.6 Å². The van der Waals surface area contributed by atoms with Crippen LogP contribution in [-0.2, 0) is 0 Å². The number of piperazine rings is 2. The summed E-state index contributed by atoms with van der Waals surface area (Å²) in [5.41, 5.74) is 0. The lowest BCUT2D eigenvalue weighted by atomic mass is 10.3. The number of hydrogen-bond donors (Lipinski definition) is 0. The van der Waals surface area contributed by atoms with Crippen LogP contribution in [0.3, 0.4) is 0 Å². The van der Waals surface area contributed by atoms with Crippen LogP contribution < -0.4 is 4.90 Å². The molecule has 1 aromatic heterocycles. The van der Waals surface area contributed by atoms with Gasteiger partial charge in [-0.1, -0.05) is 6.07 Å². The van der Waals surface area contributed by atoms with Gasteiger partial charge in [-0.2, -0.15) is 0 Å². The first-order chi connectivity index (χ1) is 10.2. The SMILES string of the molecule is CN1CCN(C(=O)N2CCN(c3ccccn3)CC2)CC1. The fourth-order valence-corrected chi connectivity index (χ4v) is 2.87. The van der Waals surface area contributed by atoms with E-state index in [1.165, 1.54) is 0 Å². The van der Waals surface area contributed by atoms with Gasteiger partial charge >= 0.3 is 6.03 Å². The van der Waals surface area contributed by atoms with Gasteiger partial charge in [-0.15, -0.1) is 0 Å². The first-order valence-corrected chi connectivity index (χ1v) is 7.62. The molecule has 114 valence electrons. The molecule has 0 radical (unpaired) electrons. The van der Waals surface area contributed by atoms with Crippen molar-refractivity contribution >= 4 is 11.8 Å². The number of hydrogen-bond acceptors (Lipinski definition) is 4. The van der Waals surface area contributed by atoms with Crippen molar-refractivity contribution in [3.63, 3.8) is 0 Å². The topological polar surface area (TPSA) is 42.9 Å². The lowest BCUT2D eigenvalue weighted by Crippen LogP contribution is -2.56. The van der Waals surface area contributed by atoms with Crippen molar-refractivity contribution < 1.29 is 4.79 Å². The van der Waals surface area contributed by atoms with E-state index in [1.54, 1.807) is 0 Å². The molecule has 2 aliphatic heterocycles. The smallest absolute Gasteiger partial charge is 0.320 e. The first-order valence-electron chi connectivity index (χ1n) is 7.62. The molecule has 2 amide bonds. The molecule has 0 aliphatic carbocycles. The Labute approximate surface area is 125 Å². The third-order valence-corrected chi connectivity index (χ3v) is 4.30. The summed E-state index contributed by atoms with van der Waals surface area (Å²) in [6.07, 6.45) is 1.82. The third kappa shape index (κ3) is 3.26. The van der Waals surface area contributed by atoms with E-state index in [1.807, 2.05) is 34.2 Å². The summed E-state index contributed by atoms with van der Waals surface area (Å²) in [4.78, 5) is 25.3. The number of amides is 2. The molecule has 0 aromatic carbocycles. The van der Waals surface area contributed by atoms with Crippen molar-refractivity contribution in [1.29, 1.82) is 0 Å². The fraction of sp³-hybridized carbons (Fsp3) is 0.600. The molecule has 2 fully saturated rings. The Morgan fingerprint density at radius 2 is 1.57 bits per heavy atom. The maximum absolute atomic E-state index is 12.5. The van der Waals surface area contributed by atoms with E-state index in [9.17, 15) is 4.79 Å². The molecule has 0 saturated carbocycles. The second-order valence-corrected chi connectivity index (χ2v) is 5.73. The van der Waals surface area contributed by atoms with E-state index < -0.39 is 0 Å². The molecule has 6 heteroatoms. The summed E-state index contributed by atoms with van der Waals surface area (Å²) in [5.74, 6) is 1.00. The molecule has 3 heterocycles. The molecule has 6 nitrogen and oxygen atoms in total. The number of carbonyl (C=O) groups excluding carboxylic acids is 1. The van der Waals surface area contributed by atoms with Gasteiger partial charge in [0.2, 0.25) is 0 Å². The molecular formula is C15H23N5O. The van der Waals surface area contributed by atoms with Crippen LogP contribution in [0.15, 0.2) is 24.4 Å². The lowest BCUT2D eigenvalue weighted by molar-refractivity contribution is 0.120. The highest BCUT2D eigenvalue weighted by Crippen LogP contribution is 2.14. The van der Waals surface area contributed by atoms with Crippen LogP contribution in [0.25, 0.3) is 0 Å². The monoisotopic (exact) mass is 289 g/mol. The predicted octanol–water partition coefficient (Wildman–Crippen LogP) is 0.571. The molecule has 2 saturated heterocycles. The summed E-state index contributed by atoms with van der Waals surface area (Å²) in [6, 6.07) is 6.15. The van der Waals surface area contributed by atoms with E-state index >= 15 is 0 Å². The largest absolute Gasteiger partial charge is 0.353 e. The molecule has 0 N–H and O–H groups in total. The second-order valence-electron chi connectivity index (χ2n) is 5.73. The van der Waals surface area contributed by atoms with Crippen LogP contribution >= 0.6 is 0 Å². The van der Waals surface area contributed by atoms with Crippen molar-refractivity contribution in [2.45, 2.75) is 0 Å². The lowest BCUT2D eigenvalue weighted by Gasteiger charge is -2.40. The van der Waals surface area contributed by atoms with Crippen molar-refractivity contribution in [1.82, 2.24) is 19.7 Å². The number of likely N-dealkylation sites (N-methyl/N-ethyl adjacent to an activating group) is 1. The van der Waals surface area contributed by atoms with Crippen LogP contribution in [0.4, 0.5) is 10.6 Å². The highest BCUT2D eigenvalue weighted by atomic mass is 16.2. The highest BCUT2D eigenvalue weighted by Gasteiger charge is 2.27. The van der Waals surface area contributed by atoms with Gasteiger partial charge in [-0.3, -0.25) is 0 Å². The predicted molar refractivity (Wildman–Crippen MR) is 82.5 cm³/mol. The van der Waals surface area contributed by atoms with Crippen molar-refractivity contribution in [3.8, 4) is 0 Å². The number of nitrogens with zero attached hydrogens (tertiary/aromatic N) is 5. The Balaban J connectivity index is 1.52. The molecular weight excluding hydrogens is 266 g/mol. The average Bonchev–Trinajstić information content (AvgIpc) is 2.56. The summed E-state index contributed by atoms with van der Waals surface area (Å²) >= 11 is 0. The molecule has 0 bridgehead atoms. The minimum absolute atomic E-state index is 0.198. The zero-order chi connectivity index (χ0) is 14.7. The van der Waals surface area contributed by atoms with Gasteiger partial charge in [0.15, 0.2) is 0 Å². The summed E-state index contributed by atoms with van der Waals surface area (Å²) in [6.45, 7) is 6.90. The second kappa shape index (κ2) is 6.30. The number of anilines is 1. The fourth-order valence-electron chi connectivity index (χ4n) is 2.87. The van der Waals surface area contributed by atoms with Gasteiger partial charge in [0.05, 0.1) is 0 Å². The van der Waals surface area contributed by atoms with E-state index in [2.05, 4.69) is 21.8 Å². The van der Waals surface area contributed by atoms with Crippen LogP contribution in [0.2, 0.25) is 0 Å². The van der Waals surface area contributed by atoms with Gasteiger partial charge in [-0.25, -0.2) is 9.78 Å². The summed E-state index contributed by atoms with van der Waals surface area (Å²) in [5, 5.41) is 0. The Kier molecular flexibility index (Phi) is 4.24. The first kappa shape index (κ1) is 14.1. The minimum atomic E-state index is 0.198. The number of carbonyl (C=O) groups is 1. The van der Waals surface area contributed by atoms with Crippen molar-refractivity contribution in [3.05, 3.63) is 24.4 Å². The molecule has 1 aromatic rings. The summed E-state index contributed by atoms with van der Waals surface area (Å²) < 4.78 is 0. The van der Waals surface area contributed by atoms with E-state index in [-0.39, 0.29) is 6.03 Å². The minimum Gasteiger partial charge on any atom is -0.353 e. The van der Waals surface area contributed by atoms with Gasteiger partial charge in [0, 0.05) is 58.6 Å². The zero-order valence-corrected chi connectivity index (χ0v) is 12.6. The molecule has 0 spiro atoms. The van der Waals surface area contributed by atoms with Crippen LogP contribution in [0.1, 0.15) is 0 Å². The quantitative estimate of drug-likeness (QED) is 0.758. The zero-order valence-electron chi connectivity index (χ0n) is 12.6. The number of aromatic nitrogens is 1. The Morgan fingerprint density at radius 3 is 2.14 bits per heavy atom. The van der Waals surface area contributed by atoms with Gasteiger partial charge in [0.1, 0.15) is 5.82 Å². The molecule has 0 atom stereocenters. The van der Waals surface area contributed by atoms with E-state index in [0.717, 1.165) is 58.2 Å². The number of rotatable bonds is 1. The standard InChI is InChI=1S/C15H23N5O/c1-17-6-8-19(9-7-17)15(21)20-12-10-18(11-13-20)14-4-2-3-5-16-14/h2-5H,6-13H2,1H3. The molecule has 3 rings (SSSR count). The van der Waals surface area contributed by atoms with Crippen molar-refractivity contribution in [2.75, 3.05) is 64.3 Å². The average molecular weight is 289 g/mol. The maximum Gasteiger partial charge on any atom is 0.320 e. The summed E-state index contributed by atoms with van der Waals surface area (Å²) in [7, 11) is 2.10. The number of pyridine rings is 1. The van der Waals surface area contributed by atoms with Crippen LogP contribution in [-0.4, -0.2) is 85.1 Å². The molecule has 0 unspecified atom stereocenters. The number of urea groups is 1.